The molecule has 1 aliphatic rings. The molecule has 0 atom stereocenters. The quantitative estimate of drug-likeness (QED) is 0.643. The molecule has 4 rings (SSSR count). The van der Waals surface area contributed by atoms with Crippen molar-refractivity contribution in [2.45, 2.75) is 26.2 Å². The lowest BCUT2D eigenvalue weighted by Gasteiger charge is -2.29. The van der Waals surface area contributed by atoms with Gasteiger partial charge in [-0.25, -0.2) is 4.98 Å². The van der Waals surface area contributed by atoms with Crippen molar-refractivity contribution in [3.63, 3.8) is 0 Å². The Hall–Kier alpha value is -2.46. The number of aromatic nitrogens is 3. The highest BCUT2D eigenvalue weighted by atomic mass is 35.5. The lowest BCUT2D eigenvalue weighted by atomic mass is 10.1. The van der Waals surface area contributed by atoms with Crippen molar-refractivity contribution < 1.29 is 0 Å². The first-order valence-corrected chi connectivity index (χ1v) is 9.41. The lowest BCUT2D eigenvalue weighted by molar-refractivity contribution is 0.572. The summed E-state index contributed by atoms with van der Waals surface area (Å²) < 4.78 is 0. The fourth-order valence-electron chi connectivity index (χ4n) is 3.26. The number of hydrogen-bond donors (Lipinski definition) is 0. The first kappa shape index (κ1) is 17.0. The SMILES string of the molecule is Cc1ccc(-c2nnc(-c3ccc(Cl)cc3)nc2N2CCCCC2)cc1. The molecule has 1 aromatic heterocycles. The average molecular weight is 365 g/mol. The molecular formula is C21H21ClN4. The Bertz CT molecular complexity index is 885. The van der Waals surface area contributed by atoms with Gasteiger partial charge >= 0.3 is 0 Å². The van der Waals surface area contributed by atoms with Gasteiger partial charge in [-0.3, -0.25) is 0 Å². The number of halogens is 1. The summed E-state index contributed by atoms with van der Waals surface area (Å²) in [6, 6.07) is 16.0. The Labute approximate surface area is 158 Å². The van der Waals surface area contributed by atoms with Crippen LogP contribution in [0, 0.1) is 6.92 Å². The number of nitrogens with zero attached hydrogens (tertiary/aromatic N) is 4. The summed E-state index contributed by atoms with van der Waals surface area (Å²) in [7, 11) is 0. The van der Waals surface area contributed by atoms with Crippen LogP contribution in [0.3, 0.4) is 0 Å². The predicted octanol–water partition coefficient (Wildman–Crippen LogP) is 5.16. The standard InChI is InChI=1S/C21H21ClN4/c1-15-5-7-16(8-6-15)19-21(26-13-3-2-4-14-26)23-20(25-24-19)17-9-11-18(22)12-10-17/h5-12H,2-4,13-14H2,1H3. The molecule has 5 heteroatoms. The average Bonchev–Trinajstić information content (AvgIpc) is 2.69. The van der Waals surface area contributed by atoms with Crippen molar-refractivity contribution in [1.29, 1.82) is 0 Å². The number of rotatable bonds is 3. The van der Waals surface area contributed by atoms with Gasteiger partial charge in [-0.1, -0.05) is 41.4 Å². The second-order valence-corrected chi connectivity index (χ2v) is 7.16. The second kappa shape index (κ2) is 7.42. The zero-order valence-electron chi connectivity index (χ0n) is 14.8. The van der Waals surface area contributed by atoms with Gasteiger partial charge in [0, 0.05) is 29.2 Å². The molecular weight excluding hydrogens is 344 g/mol. The van der Waals surface area contributed by atoms with Gasteiger partial charge in [-0.2, -0.15) is 0 Å². The maximum Gasteiger partial charge on any atom is 0.183 e. The third-order valence-corrected chi connectivity index (χ3v) is 5.00. The van der Waals surface area contributed by atoms with Crippen LogP contribution in [0.2, 0.25) is 5.02 Å². The van der Waals surface area contributed by atoms with E-state index in [1.807, 2.05) is 24.3 Å². The predicted molar refractivity (Wildman–Crippen MR) is 107 cm³/mol. The molecule has 1 fully saturated rings. The maximum absolute atomic E-state index is 6.01. The summed E-state index contributed by atoms with van der Waals surface area (Å²) in [6.45, 7) is 4.11. The molecule has 1 saturated heterocycles. The van der Waals surface area contributed by atoms with E-state index in [4.69, 9.17) is 16.6 Å². The van der Waals surface area contributed by atoms with Gasteiger partial charge < -0.3 is 4.90 Å². The molecule has 0 unspecified atom stereocenters. The van der Waals surface area contributed by atoms with Crippen LogP contribution in [-0.2, 0) is 0 Å². The third-order valence-electron chi connectivity index (χ3n) is 4.75. The number of anilines is 1. The minimum atomic E-state index is 0.637. The van der Waals surface area contributed by atoms with Crippen LogP contribution in [0.4, 0.5) is 5.82 Å². The van der Waals surface area contributed by atoms with Gasteiger partial charge in [0.05, 0.1) is 0 Å². The monoisotopic (exact) mass is 364 g/mol. The molecule has 0 amide bonds. The maximum atomic E-state index is 6.01. The summed E-state index contributed by atoms with van der Waals surface area (Å²) in [5, 5.41) is 9.67. The summed E-state index contributed by atoms with van der Waals surface area (Å²) >= 11 is 6.01. The molecule has 132 valence electrons. The molecule has 0 N–H and O–H groups in total. The largest absolute Gasteiger partial charge is 0.355 e. The molecule has 0 radical (unpaired) electrons. The van der Waals surface area contributed by atoms with Gasteiger partial charge in [-0.15, -0.1) is 10.2 Å². The van der Waals surface area contributed by atoms with Crippen LogP contribution < -0.4 is 4.90 Å². The van der Waals surface area contributed by atoms with E-state index in [0.29, 0.717) is 10.8 Å². The highest BCUT2D eigenvalue weighted by molar-refractivity contribution is 6.30. The van der Waals surface area contributed by atoms with Crippen LogP contribution >= 0.6 is 11.6 Å². The summed E-state index contributed by atoms with van der Waals surface area (Å²) in [5.41, 5.74) is 4.06. The van der Waals surface area contributed by atoms with Crippen molar-refractivity contribution in [3.05, 3.63) is 59.1 Å². The topological polar surface area (TPSA) is 41.9 Å². The molecule has 3 aromatic rings. The first-order chi connectivity index (χ1) is 12.7. The fourth-order valence-corrected chi connectivity index (χ4v) is 3.39. The van der Waals surface area contributed by atoms with Crippen molar-refractivity contribution in [1.82, 2.24) is 15.2 Å². The van der Waals surface area contributed by atoms with E-state index in [2.05, 4.69) is 46.3 Å². The highest BCUT2D eigenvalue weighted by Crippen LogP contribution is 2.30. The zero-order valence-corrected chi connectivity index (χ0v) is 15.6. The molecule has 0 spiro atoms. The lowest BCUT2D eigenvalue weighted by Crippen LogP contribution is -2.31. The van der Waals surface area contributed by atoms with E-state index in [0.717, 1.165) is 35.7 Å². The number of piperidine rings is 1. The van der Waals surface area contributed by atoms with Crippen LogP contribution in [0.1, 0.15) is 24.8 Å². The van der Waals surface area contributed by atoms with Crippen LogP contribution in [0.15, 0.2) is 48.5 Å². The summed E-state index contributed by atoms with van der Waals surface area (Å²) in [5.74, 6) is 1.56. The molecule has 0 aliphatic carbocycles. The third kappa shape index (κ3) is 3.56. The van der Waals surface area contributed by atoms with Crippen molar-refractivity contribution in [2.75, 3.05) is 18.0 Å². The minimum absolute atomic E-state index is 0.637. The Morgan fingerprint density at radius 2 is 1.46 bits per heavy atom. The first-order valence-electron chi connectivity index (χ1n) is 9.03. The van der Waals surface area contributed by atoms with E-state index in [1.165, 1.54) is 24.8 Å². The van der Waals surface area contributed by atoms with E-state index >= 15 is 0 Å². The fraction of sp³-hybridized carbons (Fsp3) is 0.286. The minimum Gasteiger partial charge on any atom is -0.355 e. The summed E-state index contributed by atoms with van der Waals surface area (Å²) in [4.78, 5) is 7.24. The van der Waals surface area contributed by atoms with Gasteiger partial charge in [0.2, 0.25) is 0 Å². The Kier molecular flexibility index (Phi) is 4.85. The number of hydrogen-bond acceptors (Lipinski definition) is 4. The molecule has 26 heavy (non-hydrogen) atoms. The zero-order chi connectivity index (χ0) is 17.9. The Balaban J connectivity index is 1.80. The van der Waals surface area contributed by atoms with Gasteiger partial charge in [0.1, 0.15) is 5.69 Å². The van der Waals surface area contributed by atoms with Crippen LogP contribution in [0.5, 0.6) is 0 Å². The molecule has 2 heterocycles. The van der Waals surface area contributed by atoms with Gasteiger partial charge in [0.15, 0.2) is 11.6 Å². The smallest absolute Gasteiger partial charge is 0.183 e. The van der Waals surface area contributed by atoms with E-state index < -0.39 is 0 Å². The summed E-state index contributed by atoms with van der Waals surface area (Å²) in [6.07, 6.45) is 3.65. The normalized spacial score (nSPS) is 14.5. The Morgan fingerprint density at radius 3 is 2.15 bits per heavy atom. The molecule has 0 bridgehead atoms. The van der Waals surface area contributed by atoms with Crippen LogP contribution in [0.25, 0.3) is 22.6 Å². The highest BCUT2D eigenvalue weighted by Gasteiger charge is 2.20. The van der Waals surface area contributed by atoms with Crippen molar-refractivity contribution in [3.8, 4) is 22.6 Å². The molecule has 2 aromatic carbocycles. The van der Waals surface area contributed by atoms with E-state index in [9.17, 15) is 0 Å². The second-order valence-electron chi connectivity index (χ2n) is 6.73. The molecule has 0 saturated carbocycles. The van der Waals surface area contributed by atoms with Crippen molar-refractivity contribution in [2.24, 2.45) is 0 Å². The van der Waals surface area contributed by atoms with Gasteiger partial charge in [0.25, 0.3) is 0 Å². The molecule has 1 aliphatic heterocycles. The Morgan fingerprint density at radius 1 is 0.808 bits per heavy atom. The van der Waals surface area contributed by atoms with Gasteiger partial charge in [-0.05, 0) is 50.5 Å². The van der Waals surface area contributed by atoms with E-state index in [1.54, 1.807) is 0 Å². The number of aryl methyl sites for hydroxylation is 1. The van der Waals surface area contributed by atoms with E-state index in [-0.39, 0.29) is 0 Å². The van der Waals surface area contributed by atoms with Crippen molar-refractivity contribution >= 4 is 17.4 Å². The van der Waals surface area contributed by atoms with Crippen LogP contribution in [-0.4, -0.2) is 28.3 Å². The number of benzene rings is 2. The molecule has 4 nitrogen and oxygen atoms in total.